The van der Waals surface area contributed by atoms with E-state index in [9.17, 15) is 18.0 Å². The monoisotopic (exact) mass is 316 g/mol. The fourth-order valence-electron chi connectivity index (χ4n) is 5.43. The molecule has 1 unspecified atom stereocenters. The van der Waals surface area contributed by atoms with Crippen molar-refractivity contribution in [1.29, 1.82) is 0 Å². The van der Waals surface area contributed by atoms with Gasteiger partial charge in [-0.25, -0.2) is 4.79 Å². The van der Waals surface area contributed by atoms with Gasteiger partial charge in [0, 0.05) is 11.0 Å². The molecule has 0 aromatic rings. The molecule has 0 N–H and O–H groups in total. The lowest BCUT2D eigenvalue weighted by Crippen LogP contribution is -2.64. The predicted octanol–water partition coefficient (Wildman–Crippen LogP) is 4.64. The third kappa shape index (κ3) is 2.19. The highest BCUT2D eigenvalue weighted by Gasteiger charge is 2.70. The van der Waals surface area contributed by atoms with Crippen molar-refractivity contribution in [2.24, 2.45) is 23.2 Å². The number of hydrogen-bond donors (Lipinski definition) is 0. The van der Waals surface area contributed by atoms with Gasteiger partial charge < -0.3 is 4.74 Å². The number of carbonyl (C=O) groups is 1. The molecule has 4 saturated carbocycles. The van der Waals surface area contributed by atoms with E-state index in [2.05, 4.69) is 6.58 Å². The molecular weight excluding hydrogens is 293 g/mol. The normalized spacial score (nSPS) is 39.4. The van der Waals surface area contributed by atoms with Crippen LogP contribution in [0.1, 0.15) is 52.4 Å². The highest BCUT2D eigenvalue weighted by atomic mass is 19.4. The summed E-state index contributed by atoms with van der Waals surface area (Å²) in [7, 11) is 0. The van der Waals surface area contributed by atoms with E-state index in [1.165, 1.54) is 6.92 Å². The van der Waals surface area contributed by atoms with Crippen LogP contribution in [0.4, 0.5) is 13.2 Å². The van der Waals surface area contributed by atoms with E-state index in [1.54, 1.807) is 0 Å². The van der Waals surface area contributed by atoms with E-state index >= 15 is 0 Å². The third-order valence-corrected chi connectivity index (χ3v) is 6.24. The molecule has 0 aromatic heterocycles. The Morgan fingerprint density at radius 1 is 1.09 bits per heavy atom. The summed E-state index contributed by atoms with van der Waals surface area (Å²) in [4.78, 5) is 11.9. The van der Waals surface area contributed by atoms with Gasteiger partial charge in [0.2, 0.25) is 5.60 Å². The maximum absolute atomic E-state index is 13.9. The van der Waals surface area contributed by atoms with Crippen molar-refractivity contribution >= 4 is 5.97 Å². The van der Waals surface area contributed by atoms with Crippen molar-refractivity contribution in [3.8, 4) is 0 Å². The summed E-state index contributed by atoms with van der Waals surface area (Å²) in [6.45, 7) is 5.90. The molecular formula is C17H23F3O2. The first-order chi connectivity index (χ1) is 10.1. The minimum absolute atomic E-state index is 0.0141. The maximum atomic E-state index is 13.9. The fraction of sp³-hybridized carbons (Fsp3) is 0.824. The number of ether oxygens (including phenoxy) is 1. The summed E-state index contributed by atoms with van der Waals surface area (Å²) in [6.07, 6.45) is 0.143. The van der Waals surface area contributed by atoms with Crippen LogP contribution in [0.3, 0.4) is 0 Å². The molecule has 0 heterocycles. The Kier molecular flexibility index (Phi) is 3.43. The molecule has 0 radical (unpaired) electrons. The van der Waals surface area contributed by atoms with Gasteiger partial charge in [-0.3, -0.25) is 0 Å². The van der Waals surface area contributed by atoms with Crippen LogP contribution in [0, 0.1) is 23.2 Å². The SMILES string of the molecule is C=C(C)C(=O)OC(C)(C(F)(F)F)C12CC3CC(CC(C3)C1)C2. The van der Waals surface area contributed by atoms with Crippen LogP contribution in [0.25, 0.3) is 0 Å². The molecule has 22 heavy (non-hydrogen) atoms. The Bertz CT molecular complexity index is 473. The first-order valence-electron chi connectivity index (χ1n) is 8.02. The maximum Gasteiger partial charge on any atom is 0.428 e. The van der Waals surface area contributed by atoms with Crippen LogP contribution in [-0.4, -0.2) is 17.7 Å². The molecule has 124 valence electrons. The van der Waals surface area contributed by atoms with Gasteiger partial charge in [-0.15, -0.1) is 0 Å². The zero-order valence-corrected chi connectivity index (χ0v) is 13.1. The van der Waals surface area contributed by atoms with E-state index in [-0.39, 0.29) is 5.57 Å². The smallest absolute Gasteiger partial charge is 0.428 e. The van der Waals surface area contributed by atoms with Gasteiger partial charge in [-0.05, 0) is 70.1 Å². The molecule has 5 heteroatoms. The Morgan fingerprint density at radius 2 is 1.50 bits per heavy atom. The molecule has 4 fully saturated rings. The van der Waals surface area contributed by atoms with Crippen LogP contribution in [-0.2, 0) is 9.53 Å². The van der Waals surface area contributed by atoms with Gasteiger partial charge in [-0.2, -0.15) is 13.2 Å². The summed E-state index contributed by atoms with van der Waals surface area (Å²) in [5.74, 6) is 0.139. The Hall–Kier alpha value is -1.00. The van der Waals surface area contributed by atoms with E-state index < -0.39 is 23.2 Å². The largest absolute Gasteiger partial charge is 0.446 e. The van der Waals surface area contributed by atoms with Gasteiger partial charge in [0.25, 0.3) is 0 Å². The minimum atomic E-state index is -4.57. The lowest BCUT2D eigenvalue weighted by atomic mass is 9.45. The average Bonchev–Trinajstić information content (AvgIpc) is 2.35. The summed E-state index contributed by atoms with van der Waals surface area (Å²) < 4.78 is 46.9. The average molecular weight is 316 g/mol. The molecule has 0 aliphatic heterocycles. The zero-order valence-electron chi connectivity index (χ0n) is 13.1. The first-order valence-corrected chi connectivity index (χ1v) is 8.02. The Labute approximate surface area is 129 Å². The minimum Gasteiger partial charge on any atom is -0.446 e. The van der Waals surface area contributed by atoms with Crippen LogP contribution in [0.5, 0.6) is 0 Å². The molecule has 4 aliphatic rings. The molecule has 2 nitrogen and oxygen atoms in total. The Morgan fingerprint density at radius 3 is 1.82 bits per heavy atom. The van der Waals surface area contributed by atoms with Crippen molar-refractivity contribution in [3.05, 3.63) is 12.2 Å². The van der Waals surface area contributed by atoms with Crippen LogP contribution in [0.2, 0.25) is 0 Å². The Balaban J connectivity index is 1.99. The summed E-state index contributed by atoms with van der Waals surface area (Å²) in [5, 5.41) is 0. The fourth-order valence-corrected chi connectivity index (χ4v) is 5.43. The number of halogens is 3. The zero-order chi connectivity index (χ0) is 16.3. The predicted molar refractivity (Wildman–Crippen MR) is 76.0 cm³/mol. The van der Waals surface area contributed by atoms with Gasteiger partial charge in [0.05, 0.1) is 0 Å². The number of rotatable bonds is 3. The summed E-state index contributed by atoms with van der Waals surface area (Å²) in [6, 6.07) is 0. The van der Waals surface area contributed by atoms with E-state index in [0.29, 0.717) is 37.0 Å². The summed E-state index contributed by atoms with van der Waals surface area (Å²) in [5.41, 5.74) is -3.35. The van der Waals surface area contributed by atoms with E-state index in [4.69, 9.17) is 4.74 Å². The van der Waals surface area contributed by atoms with Crippen molar-refractivity contribution in [2.75, 3.05) is 0 Å². The molecule has 4 rings (SSSR count). The van der Waals surface area contributed by atoms with Crippen LogP contribution < -0.4 is 0 Å². The number of hydrogen-bond acceptors (Lipinski definition) is 2. The van der Waals surface area contributed by atoms with Gasteiger partial charge in [0.1, 0.15) is 0 Å². The van der Waals surface area contributed by atoms with Gasteiger partial charge >= 0.3 is 12.1 Å². The quantitative estimate of drug-likeness (QED) is 0.560. The van der Waals surface area contributed by atoms with Crippen molar-refractivity contribution in [2.45, 2.75) is 64.1 Å². The molecule has 4 aliphatic carbocycles. The molecule has 0 saturated heterocycles. The number of alkyl halides is 3. The number of esters is 1. The van der Waals surface area contributed by atoms with Crippen molar-refractivity contribution in [3.63, 3.8) is 0 Å². The van der Waals surface area contributed by atoms with Gasteiger partial charge in [0.15, 0.2) is 0 Å². The van der Waals surface area contributed by atoms with E-state index in [0.717, 1.165) is 26.2 Å². The second kappa shape index (κ2) is 4.75. The lowest BCUT2D eigenvalue weighted by molar-refractivity contribution is -0.321. The highest BCUT2D eigenvalue weighted by Crippen LogP contribution is 2.67. The number of carbonyl (C=O) groups excluding carboxylic acids is 1. The lowest BCUT2D eigenvalue weighted by Gasteiger charge is -2.62. The van der Waals surface area contributed by atoms with Gasteiger partial charge in [-0.1, -0.05) is 6.58 Å². The van der Waals surface area contributed by atoms with Crippen LogP contribution >= 0.6 is 0 Å². The highest BCUT2D eigenvalue weighted by molar-refractivity contribution is 5.87. The van der Waals surface area contributed by atoms with Crippen LogP contribution in [0.15, 0.2) is 12.2 Å². The molecule has 0 spiro atoms. The molecule has 1 atom stereocenters. The second-order valence-corrected chi connectivity index (χ2v) is 7.90. The third-order valence-electron chi connectivity index (χ3n) is 6.24. The molecule has 0 aromatic carbocycles. The van der Waals surface area contributed by atoms with E-state index in [1.807, 2.05) is 0 Å². The topological polar surface area (TPSA) is 26.3 Å². The second-order valence-electron chi connectivity index (χ2n) is 7.90. The standard InChI is InChI=1S/C17H23F3O2/c1-10(2)14(21)22-15(3,17(18,19)20)16-7-11-4-12(8-16)6-13(5-11)9-16/h11-13H,1,4-9H2,2-3H3. The summed E-state index contributed by atoms with van der Waals surface area (Å²) >= 11 is 0. The van der Waals surface area contributed by atoms with Crippen molar-refractivity contribution < 1.29 is 22.7 Å². The molecule has 0 amide bonds. The van der Waals surface area contributed by atoms with Crippen molar-refractivity contribution in [1.82, 2.24) is 0 Å². The molecule has 4 bridgehead atoms. The first kappa shape index (κ1) is 15.9.